The Labute approximate surface area is 126 Å². The standard InChI is InChI=1S/C13H17N5O4/c1-7(2)6-14-12(20)13-16-10(18-22-13)5-11(19)15-9-4-8(3)21-17-9/h4,7H,5-6H2,1-3H3,(H,14,20)(H,15,17,19). The molecule has 0 bridgehead atoms. The molecule has 0 aliphatic rings. The van der Waals surface area contributed by atoms with Gasteiger partial charge in [0, 0.05) is 12.6 Å². The molecule has 0 saturated carbocycles. The zero-order valence-electron chi connectivity index (χ0n) is 12.5. The minimum absolute atomic E-state index is 0.118. The Morgan fingerprint density at radius 3 is 2.68 bits per heavy atom. The summed E-state index contributed by atoms with van der Waals surface area (Å²) in [6.45, 7) is 6.15. The Bertz CT molecular complexity index is 661. The lowest BCUT2D eigenvalue weighted by molar-refractivity contribution is -0.115. The monoisotopic (exact) mass is 307 g/mol. The van der Waals surface area contributed by atoms with Crippen LogP contribution in [0.2, 0.25) is 0 Å². The van der Waals surface area contributed by atoms with E-state index in [9.17, 15) is 9.59 Å². The molecule has 2 aromatic heterocycles. The van der Waals surface area contributed by atoms with E-state index >= 15 is 0 Å². The third-order valence-electron chi connectivity index (χ3n) is 2.55. The van der Waals surface area contributed by atoms with Gasteiger partial charge in [0.05, 0.1) is 6.42 Å². The predicted octanol–water partition coefficient (Wildman–Crippen LogP) is 0.933. The molecule has 0 radical (unpaired) electrons. The molecule has 0 atom stereocenters. The second kappa shape index (κ2) is 6.83. The van der Waals surface area contributed by atoms with Gasteiger partial charge in [0.15, 0.2) is 11.6 Å². The normalized spacial score (nSPS) is 10.7. The van der Waals surface area contributed by atoms with Crippen molar-refractivity contribution in [1.29, 1.82) is 0 Å². The van der Waals surface area contributed by atoms with Crippen LogP contribution in [0.15, 0.2) is 15.1 Å². The van der Waals surface area contributed by atoms with Crippen LogP contribution in [0.25, 0.3) is 0 Å². The molecule has 9 nitrogen and oxygen atoms in total. The number of rotatable bonds is 6. The number of hydrogen-bond acceptors (Lipinski definition) is 7. The summed E-state index contributed by atoms with van der Waals surface area (Å²) < 4.78 is 9.66. The molecule has 0 saturated heterocycles. The first-order valence-electron chi connectivity index (χ1n) is 6.78. The van der Waals surface area contributed by atoms with Crippen LogP contribution in [0.3, 0.4) is 0 Å². The van der Waals surface area contributed by atoms with E-state index in [1.54, 1.807) is 13.0 Å². The quantitative estimate of drug-likeness (QED) is 0.813. The van der Waals surface area contributed by atoms with Crippen molar-refractivity contribution < 1.29 is 18.6 Å². The van der Waals surface area contributed by atoms with Crippen molar-refractivity contribution >= 4 is 17.6 Å². The topological polar surface area (TPSA) is 123 Å². The molecule has 2 aromatic rings. The molecule has 2 heterocycles. The zero-order chi connectivity index (χ0) is 16.1. The number of nitrogens with zero attached hydrogens (tertiary/aromatic N) is 3. The van der Waals surface area contributed by atoms with Crippen LogP contribution in [0.1, 0.15) is 36.1 Å². The minimum atomic E-state index is -0.458. The number of carbonyl (C=O) groups excluding carboxylic acids is 2. The summed E-state index contributed by atoms with van der Waals surface area (Å²) in [6, 6.07) is 1.58. The van der Waals surface area contributed by atoms with Crippen molar-refractivity contribution in [2.24, 2.45) is 5.92 Å². The molecule has 0 fully saturated rings. The molecule has 2 rings (SSSR count). The molecule has 0 unspecified atom stereocenters. The summed E-state index contributed by atoms with van der Waals surface area (Å²) in [4.78, 5) is 27.4. The molecule has 9 heteroatoms. The second-order valence-corrected chi connectivity index (χ2v) is 5.17. The van der Waals surface area contributed by atoms with Crippen molar-refractivity contribution in [3.63, 3.8) is 0 Å². The van der Waals surface area contributed by atoms with Gasteiger partial charge in [-0.3, -0.25) is 9.59 Å². The predicted molar refractivity (Wildman–Crippen MR) is 75.0 cm³/mol. The van der Waals surface area contributed by atoms with Gasteiger partial charge in [0.1, 0.15) is 5.76 Å². The highest BCUT2D eigenvalue weighted by molar-refractivity contribution is 5.91. The van der Waals surface area contributed by atoms with Gasteiger partial charge in [0.2, 0.25) is 5.91 Å². The SMILES string of the molecule is Cc1cc(NC(=O)Cc2noc(C(=O)NCC(C)C)n2)no1. The van der Waals surface area contributed by atoms with Crippen LogP contribution in [0.4, 0.5) is 5.82 Å². The van der Waals surface area contributed by atoms with E-state index in [-0.39, 0.29) is 24.0 Å². The maximum absolute atomic E-state index is 11.8. The summed E-state index contributed by atoms with van der Waals surface area (Å²) in [5, 5.41) is 12.4. The average Bonchev–Trinajstić information content (AvgIpc) is 3.05. The maximum Gasteiger partial charge on any atom is 0.315 e. The highest BCUT2D eigenvalue weighted by atomic mass is 16.5. The van der Waals surface area contributed by atoms with Gasteiger partial charge in [0.25, 0.3) is 0 Å². The van der Waals surface area contributed by atoms with Gasteiger partial charge in [-0.25, -0.2) is 0 Å². The number of amides is 2. The largest absolute Gasteiger partial charge is 0.360 e. The van der Waals surface area contributed by atoms with E-state index in [2.05, 4.69) is 25.9 Å². The molecular weight excluding hydrogens is 290 g/mol. The van der Waals surface area contributed by atoms with E-state index in [4.69, 9.17) is 9.05 Å². The van der Waals surface area contributed by atoms with Crippen LogP contribution < -0.4 is 10.6 Å². The smallest absolute Gasteiger partial charge is 0.315 e. The number of nitrogens with one attached hydrogen (secondary N) is 2. The fourth-order valence-corrected chi connectivity index (χ4v) is 1.55. The summed E-state index contributed by atoms with van der Waals surface area (Å²) in [7, 11) is 0. The lowest BCUT2D eigenvalue weighted by Gasteiger charge is -2.03. The third kappa shape index (κ3) is 4.40. The summed E-state index contributed by atoms with van der Waals surface area (Å²) >= 11 is 0. The third-order valence-corrected chi connectivity index (χ3v) is 2.55. The number of carbonyl (C=O) groups is 2. The number of aryl methyl sites for hydroxylation is 1. The van der Waals surface area contributed by atoms with Gasteiger partial charge in [-0.2, -0.15) is 4.98 Å². The van der Waals surface area contributed by atoms with Gasteiger partial charge >= 0.3 is 11.8 Å². The highest BCUT2D eigenvalue weighted by Crippen LogP contribution is 2.07. The zero-order valence-corrected chi connectivity index (χ0v) is 12.5. The van der Waals surface area contributed by atoms with Crippen molar-refractivity contribution in [2.75, 3.05) is 11.9 Å². The fraction of sp³-hybridized carbons (Fsp3) is 0.462. The van der Waals surface area contributed by atoms with Crippen LogP contribution in [-0.2, 0) is 11.2 Å². The molecule has 2 amide bonds. The lowest BCUT2D eigenvalue weighted by atomic mass is 10.2. The summed E-state index contributed by atoms with van der Waals surface area (Å²) in [5.41, 5.74) is 0. The highest BCUT2D eigenvalue weighted by Gasteiger charge is 2.17. The Morgan fingerprint density at radius 1 is 1.27 bits per heavy atom. The Hall–Kier alpha value is -2.71. The Kier molecular flexibility index (Phi) is 4.87. The van der Waals surface area contributed by atoms with Gasteiger partial charge in [-0.05, 0) is 12.8 Å². The van der Waals surface area contributed by atoms with E-state index in [1.807, 2.05) is 13.8 Å². The first-order valence-corrected chi connectivity index (χ1v) is 6.78. The van der Waals surface area contributed by atoms with Crippen LogP contribution in [0.5, 0.6) is 0 Å². The van der Waals surface area contributed by atoms with Crippen LogP contribution >= 0.6 is 0 Å². The number of aromatic nitrogens is 3. The first-order chi connectivity index (χ1) is 10.4. The van der Waals surface area contributed by atoms with E-state index in [0.717, 1.165) is 0 Å². The van der Waals surface area contributed by atoms with Crippen molar-refractivity contribution in [2.45, 2.75) is 27.2 Å². The maximum atomic E-state index is 11.8. The number of hydrogen-bond donors (Lipinski definition) is 2. The summed E-state index contributed by atoms with van der Waals surface area (Å²) in [6.07, 6.45) is -0.132. The van der Waals surface area contributed by atoms with Gasteiger partial charge in [-0.15, -0.1) is 0 Å². The molecule has 0 aliphatic heterocycles. The minimum Gasteiger partial charge on any atom is -0.360 e. The lowest BCUT2D eigenvalue weighted by Crippen LogP contribution is -2.27. The molecule has 22 heavy (non-hydrogen) atoms. The van der Waals surface area contributed by atoms with E-state index < -0.39 is 5.91 Å². The Balaban J connectivity index is 1.88. The first kappa shape index (κ1) is 15.7. The van der Waals surface area contributed by atoms with Crippen LogP contribution in [0, 0.1) is 12.8 Å². The second-order valence-electron chi connectivity index (χ2n) is 5.17. The molecular formula is C13H17N5O4. The summed E-state index contributed by atoms with van der Waals surface area (Å²) in [5.74, 6) is 0.305. The van der Waals surface area contributed by atoms with Gasteiger partial charge in [-0.1, -0.05) is 24.2 Å². The fourth-order valence-electron chi connectivity index (χ4n) is 1.55. The molecule has 0 spiro atoms. The molecule has 2 N–H and O–H groups in total. The molecule has 0 aromatic carbocycles. The van der Waals surface area contributed by atoms with E-state index in [1.165, 1.54) is 0 Å². The average molecular weight is 307 g/mol. The van der Waals surface area contributed by atoms with Crippen LogP contribution in [-0.4, -0.2) is 33.7 Å². The van der Waals surface area contributed by atoms with E-state index in [0.29, 0.717) is 24.0 Å². The molecule has 0 aliphatic carbocycles. The van der Waals surface area contributed by atoms with Crippen molar-refractivity contribution in [3.8, 4) is 0 Å². The Morgan fingerprint density at radius 2 is 2.05 bits per heavy atom. The molecule has 118 valence electrons. The van der Waals surface area contributed by atoms with Crippen molar-refractivity contribution in [1.82, 2.24) is 20.6 Å². The van der Waals surface area contributed by atoms with Gasteiger partial charge < -0.3 is 19.7 Å². The van der Waals surface area contributed by atoms with Crippen molar-refractivity contribution in [3.05, 3.63) is 23.5 Å². The number of anilines is 1.